The van der Waals surface area contributed by atoms with Gasteiger partial charge in [-0.2, -0.15) is 0 Å². The quantitative estimate of drug-likeness (QED) is 0.502. The van der Waals surface area contributed by atoms with Crippen molar-refractivity contribution in [3.8, 4) is 11.5 Å². The summed E-state index contributed by atoms with van der Waals surface area (Å²) in [5.74, 6) is 0.475. The molecule has 3 heterocycles. The molecule has 36 heavy (non-hydrogen) atoms. The maximum atomic E-state index is 13.1. The lowest BCUT2D eigenvalue weighted by molar-refractivity contribution is -0.125. The second kappa shape index (κ2) is 9.39. The number of nitrogens with zero attached hydrogens (tertiary/aromatic N) is 3. The third kappa shape index (κ3) is 4.24. The number of hydrogen-bond donors (Lipinski definition) is 2. The highest BCUT2D eigenvalue weighted by Gasteiger charge is 2.50. The van der Waals surface area contributed by atoms with E-state index in [0.717, 1.165) is 18.4 Å². The molecular formula is C26H26ClN5O4. The largest absolute Gasteiger partial charge is 0.420 e. The number of imide groups is 1. The molecule has 2 aliphatic heterocycles. The van der Waals surface area contributed by atoms with Crippen LogP contribution in [0.1, 0.15) is 54.4 Å². The highest BCUT2D eigenvalue weighted by atomic mass is 35.5. The second-order valence-electron chi connectivity index (χ2n) is 9.47. The van der Waals surface area contributed by atoms with Gasteiger partial charge in [-0.3, -0.25) is 14.9 Å². The van der Waals surface area contributed by atoms with Crippen LogP contribution in [0.3, 0.4) is 0 Å². The minimum atomic E-state index is -1.15. The summed E-state index contributed by atoms with van der Waals surface area (Å²) in [4.78, 5) is 39.3. The molecular weight excluding hydrogens is 482 g/mol. The SMILES string of the molecule is CC(C)[C@]1(c2ccc(C(=O)N3CCC(c4nnc(-c5ccc(Cl)cc5)o4)CC3)cc2)NC(=O)NC1=O. The normalized spacial score (nSPS) is 20.5. The molecule has 9 nitrogen and oxygen atoms in total. The second-order valence-corrected chi connectivity index (χ2v) is 9.90. The van der Waals surface area contributed by atoms with Crippen LogP contribution in [-0.4, -0.2) is 46.0 Å². The number of piperidine rings is 1. The van der Waals surface area contributed by atoms with Crippen LogP contribution in [0.2, 0.25) is 5.02 Å². The summed E-state index contributed by atoms with van der Waals surface area (Å²) in [6.07, 6.45) is 1.43. The average molecular weight is 508 g/mol. The first-order valence-electron chi connectivity index (χ1n) is 11.9. The van der Waals surface area contributed by atoms with E-state index in [2.05, 4.69) is 20.8 Å². The number of halogens is 1. The molecule has 4 amide bonds. The van der Waals surface area contributed by atoms with E-state index in [0.29, 0.717) is 41.0 Å². The van der Waals surface area contributed by atoms with Crippen LogP contribution in [-0.2, 0) is 10.3 Å². The number of nitrogens with one attached hydrogen (secondary N) is 2. The molecule has 1 aromatic heterocycles. The fourth-order valence-electron chi connectivity index (χ4n) is 4.91. The van der Waals surface area contributed by atoms with Crippen molar-refractivity contribution in [3.05, 3.63) is 70.6 Å². The van der Waals surface area contributed by atoms with Crippen molar-refractivity contribution in [2.24, 2.45) is 5.92 Å². The Balaban J connectivity index is 1.24. The van der Waals surface area contributed by atoms with E-state index in [1.54, 1.807) is 36.4 Å². The monoisotopic (exact) mass is 507 g/mol. The van der Waals surface area contributed by atoms with Gasteiger partial charge in [-0.15, -0.1) is 10.2 Å². The molecule has 0 saturated carbocycles. The molecule has 10 heteroatoms. The summed E-state index contributed by atoms with van der Waals surface area (Å²) < 4.78 is 5.90. The summed E-state index contributed by atoms with van der Waals surface area (Å²) in [5, 5.41) is 14.1. The molecule has 2 aromatic carbocycles. The third-order valence-corrected chi connectivity index (χ3v) is 7.26. The van der Waals surface area contributed by atoms with Crippen molar-refractivity contribution in [2.45, 2.75) is 38.1 Å². The number of carbonyl (C=O) groups is 3. The number of rotatable bonds is 5. The minimum absolute atomic E-state index is 0.0779. The van der Waals surface area contributed by atoms with Crippen molar-refractivity contribution in [3.63, 3.8) is 0 Å². The Morgan fingerprint density at radius 3 is 2.31 bits per heavy atom. The first-order chi connectivity index (χ1) is 17.3. The fraction of sp³-hybridized carbons (Fsp3) is 0.346. The molecule has 0 spiro atoms. The Kier molecular flexibility index (Phi) is 6.26. The number of amides is 4. The molecule has 2 N–H and O–H groups in total. The number of likely N-dealkylation sites (tertiary alicyclic amines) is 1. The molecule has 1 atom stereocenters. The van der Waals surface area contributed by atoms with Crippen LogP contribution in [0.15, 0.2) is 52.9 Å². The molecule has 2 aliphatic rings. The predicted octanol–water partition coefficient (Wildman–Crippen LogP) is 4.10. The fourth-order valence-corrected chi connectivity index (χ4v) is 5.03. The summed E-state index contributed by atoms with van der Waals surface area (Å²) in [5.41, 5.74) is 0.835. The van der Waals surface area contributed by atoms with Crippen molar-refractivity contribution >= 4 is 29.4 Å². The average Bonchev–Trinajstić information content (AvgIpc) is 3.49. The van der Waals surface area contributed by atoms with E-state index in [9.17, 15) is 14.4 Å². The van der Waals surface area contributed by atoms with Gasteiger partial charge in [0, 0.05) is 35.2 Å². The Labute approximate surface area is 213 Å². The molecule has 0 radical (unpaired) electrons. The van der Waals surface area contributed by atoms with Crippen LogP contribution in [0.25, 0.3) is 11.5 Å². The topological polar surface area (TPSA) is 117 Å². The number of hydrogen-bond acceptors (Lipinski definition) is 6. The molecule has 2 fully saturated rings. The number of aromatic nitrogens is 2. The molecule has 0 bridgehead atoms. The third-order valence-electron chi connectivity index (χ3n) is 7.01. The Hall–Kier alpha value is -3.72. The maximum Gasteiger partial charge on any atom is 0.322 e. The zero-order chi connectivity index (χ0) is 25.4. The van der Waals surface area contributed by atoms with Crippen molar-refractivity contribution in [1.29, 1.82) is 0 Å². The number of carbonyl (C=O) groups excluding carboxylic acids is 3. The van der Waals surface area contributed by atoms with Crippen molar-refractivity contribution in [2.75, 3.05) is 13.1 Å². The van der Waals surface area contributed by atoms with Gasteiger partial charge < -0.3 is 14.6 Å². The Morgan fingerprint density at radius 2 is 1.72 bits per heavy atom. The van der Waals surface area contributed by atoms with Gasteiger partial charge in [0.1, 0.15) is 5.54 Å². The molecule has 3 aromatic rings. The van der Waals surface area contributed by atoms with E-state index in [4.69, 9.17) is 16.0 Å². The Bertz CT molecular complexity index is 1300. The van der Waals surface area contributed by atoms with Gasteiger partial charge in [0.25, 0.3) is 11.8 Å². The van der Waals surface area contributed by atoms with Gasteiger partial charge in [0.05, 0.1) is 0 Å². The minimum Gasteiger partial charge on any atom is -0.420 e. The van der Waals surface area contributed by atoms with E-state index < -0.39 is 11.6 Å². The van der Waals surface area contributed by atoms with Crippen LogP contribution in [0.5, 0.6) is 0 Å². The smallest absolute Gasteiger partial charge is 0.322 e. The zero-order valence-electron chi connectivity index (χ0n) is 20.0. The highest BCUT2D eigenvalue weighted by Crippen LogP contribution is 2.34. The first-order valence-corrected chi connectivity index (χ1v) is 12.3. The highest BCUT2D eigenvalue weighted by molar-refractivity contribution is 6.30. The van der Waals surface area contributed by atoms with Crippen LogP contribution < -0.4 is 10.6 Å². The lowest BCUT2D eigenvalue weighted by Gasteiger charge is -2.32. The van der Waals surface area contributed by atoms with Crippen LogP contribution in [0.4, 0.5) is 4.79 Å². The molecule has 5 rings (SSSR count). The van der Waals surface area contributed by atoms with Gasteiger partial charge in [0.2, 0.25) is 11.8 Å². The van der Waals surface area contributed by atoms with Gasteiger partial charge in [-0.1, -0.05) is 37.6 Å². The molecule has 186 valence electrons. The molecule has 0 aliphatic carbocycles. The van der Waals surface area contributed by atoms with Crippen molar-refractivity contribution < 1.29 is 18.8 Å². The van der Waals surface area contributed by atoms with E-state index in [1.807, 2.05) is 30.9 Å². The summed E-state index contributed by atoms with van der Waals surface area (Å²) >= 11 is 5.95. The predicted molar refractivity (Wildman–Crippen MR) is 132 cm³/mol. The van der Waals surface area contributed by atoms with Gasteiger partial charge >= 0.3 is 6.03 Å². The van der Waals surface area contributed by atoms with Crippen LogP contribution in [0, 0.1) is 5.92 Å². The lowest BCUT2D eigenvalue weighted by atomic mass is 9.79. The van der Waals surface area contributed by atoms with Gasteiger partial charge in [0.15, 0.2) is 0 Å². The standard InChI is InChI=1S/C26H26ClN5O4/c1-15(2)26(24(34)28-25(35)29-26)19-7-3-18(4-8-19)23(33)32-13-11-17(12-14-32)22-31-30-21(36-22)16-5-9-20(27)10-6-16/h3-10,15,17H,11-14H2,1-2H3,(H2,28,29,34,35)/t26-/m1/s1. The van der Waals surface area contributed by atoms with E-state index in [-0.39, 0.29) is 23.7 Å². The maximum absolute atomic E-state index is 13.1. The van der Waals surface area contributed by atoms with Gasteiger partial charge in [-0.05, 0) is 60.7 Å². The van der Waals surface area contributed by atoms with Crippen molar-refractivity contribution in [1.82, 2.24) is 25.7 Å². The number of benzene rings is 2. The zero-order valence-corrected chi connectivity index (χ0v) is 20.7. The molecule has 2 saturated heterocycles. The summed E-state index contributed by atoms with van der Waals surface area (Å²) in [7, 11) is 0. The van der Waals surface area contributed by atoms with Crippen LogP contribution >= 0.6 is 11.6 Å². The van der Waals surface area contributed by atoms with Gasteiger partial charge in [-0.25, -0.2) is 4.79 Å². The summed E-state index contributed by atoms with van der Waals surface area (Å²) in [6, 6.07) is 13.6. The van der Waals surface area contributed by atoms with E-state index >= 15 is 0 Å². The number of urea groups is 1. The lowest BCUT2D eigenvalue weighted by Crippen LogP contribution is -2.48. The molecule has 0 unspecified atom stereocenters. The Morgan fingerprint density at radius 1 is 1.06 bits per heavy atom. The van der Waals surface area contributed by atoms with E-state index in [1.165, 1.54) is 0 Å². The first kappa shape index (κ1) is 24.0. The summed E-state index contributed by atoms with van der Waals surface area (Å²) in [6.45, 7) is 4.88.